The Labute approximate surface area is 146 Å². The van der Waals surface area contributed by atoms with Gasteiger partial charge in [0.05, 0.1) is 0 Å². The molecule has 1 aromatic carbocycles. The molecule has 1 aromatic rings. The van der Waals surface area contributed by atoms with Gasteiger partial charge in [0.1, 0.15) is 0 Å². The van der Waals surface area contributed by atoms with Crippen LogP contribution in [0.25, 0.3) is 0 Å². The first-order valence-electron chi connectivity index (χ1n) is 9.31. The van der Waals surface area contributed by atoms with Gasteiger partial charge in [-0.2, -0.15) is 0 Å². The molecule has 1 unspecified atom stereocenters. The molecule has 1 amide bonds. The molecular weight excluding hydrogens is 298 g/mol. The quantitative estimate of drug-likeness (QED) is 0.755. The van der Waals surface area contributed by atoms with Crippen LogP contribution < -0.4 is 11.1 Å². The minimum absolute atomic E-state index is 0.120. The van der Waals surface area contributed by atoms with Crippen LogP contribution in [0.1, 0.15) is 45.6 Å². The highest BCUT2D eigenvalue weighted by Crippen LogP contribution is 2.21. The zero-order chi connectivity index (χ0) is 17.5. The number of carbonyl (C=O) groups excluding carboxylic acids is 1. The summed E-state index contributed by atoms with van der Waals surface area (Å²) >= 11 is 0. The summed E-state index contributed by atoms with van der Waals surface area (Å²) < 4.78 is 0. The predicted octanol–water partition coefficient (Wildman–Crippen LogP) is 3.07. The van der Waals surface area contributed by atoms with Crippen molar-refractivity contribution in [2.75, 3.05) is 25.4 Å². The highest BCUT2D eigenvalue weighted by atomic mass is 16.1. The summed E-state index contributed by atoms with van der Waals surface area (Å²) in [4.78, 5) is 14.8. The van der Waals surface area contributed by atoms with Gasteiger partial charge in [0.15, 0.2) is 0 Å². The smallest absolute Gasteiger partial charge is 0.220 e. The molecule has 2 rings (SSSR count). The predicted molar refractivity (Wildman–Crippen MR) is 101 cm³/mol. The van der Waals surface area contributed by atoms with E-state index in [1.54, 1.807) is 0 Å². The molecule has 4 nitrogen and oxygen atoms in total. The lowest BCUT2D eigenvalue weighted by molar-refractivity contribution is -0.121. The van der Waals surface area contributed by atoms with Gasteiger partial charge < -0.3 is 11.1 Å². The Hall–Kier alpha value is -1.55. The number of carbonyl (C=O) groups is 1. The summed E-state index contributed by atoms with van der Waals surface area (Å²) in [6.45, 7) is 9.88. The molecule has 0 radical (unpaired) electrons. The molecule has 1 atom stereocenters. The maximum atomic E-state index is 12.2. The van der Waals surface area contributed by atoms with Crippen molar-refractivity contribution in [3.8, 4) is 0 Å². The number of nitrogens with two attached hydrogens (primary N) is 1. The van der Waals surface area contributed by atoms with Crippen molar-refractivity contribution < 1.29 is 4.79 Å². The maximum Gasteiger partial charge on any atom is 0.220 e. The van der Waals surface area contributed by atoms with Crippen LogP contribution in [0.4, 0.5) is 5.69 Å². The molecule has 1 fully saturated rings. The third kappa shape index (κ3) is 5.52. The van der Waals surface area contributed by atoms with Crippen LogP contribution in [-0.2, 0) is 11.2 Å². The first-order chi connectivity index (χ1) is 11.5. The summed E-state index contributed by atoms with van der Waals surface area (Å²) in [5.41, 5.74) is 7.76. The number of amides is 1. The van der Waals surface area contributed by atoms with E-state index in [1.807, 2.05) is 24.3 Å². The molecule has 0 spiro atoms. The molecule has 3 N–H and O–H groups in total. The molecule has 1 heterocycles. The van der Waals surface area contributed by atoms with E-state index in [-0.39, 0.29) is 5.91 Å². The Morgan fingerprint density at radius 3 is 2.58 bits per heavy atom. The minimum Gasteiger partial charge on any atom is -0.399 e. The van der Waals surface area contributed by atoms with E-state index in [0.29, 0.717) is 24.8 Å². The van der Waals surface area contributed by atoms with E-state index in [2.05, 4.69) is 31.0 Å². The fourth-order valence-corrected chi connectivity index (χ4v) is 3.46. The molecule has 1 aliphatic heterocycles. The van der Waals surface area contributed by atoms with Crippen LogP contribution in [-0.4, -0.2) is 36.5 Å². The van der Waals surface area contributed by atoms with E-state index in [0.717, 1.165) is 36.8 Å². The van der Waals surface area contributed by atoms with E-state index in [9.17, 15) is 4.79 Å². The van der Waals surface area contributed by atoms with Gasteiger partial charge in [0, 0.05) is 24.7 Å². The topological polar surface area (TPSA) is 58.4 Å². The molecule has 0 aromatic heterocycles. The Kier molecular flexibility index (Phi) is 7.10. The molecule has 1 saturated heterocycles. The second-order valence-corrected chi connectivity index (χ2v) is 7.53. The maximum absolute atomic E-state index is 12.2. The number of anilines is 1. The van der Waals surface area contributed by atoms with Gasteiger partial charge >= 0.3 is 0 Å². The summed E-state index contributed by atoms with van der Waals surface area (Å²) in [7, 11) is 0. The monoisotopic (exact) mass is 331 g/mol. The van der Waals surface area contributed by atoms with Gasteiger partial charge in [-0.25, -0.2) is 0 Å². The third-order valence-corrected chi connectivity index (χ3v) is 5.24. The summed E-state index contributed by atoms with van der Waals surface area (Å²) in [6.07, 6.45) is 3.73. The molecule has 24 heavy (non-hydrogen) atoms. The fraction of sp³-hybridized carbons (Fsp3) is 0.650. The molecule has 1 aliphatic rings. The number of hydrogen-bond acceptors (Lipinski definition) is 3. The lowest BCUT2D eigenvalue weighted by Gasteiger charge is -2.38. The van der Waals surface area contributed by atoms with Crippen LogP contribution in [0.3, 0.4) is 0 Å². The number of benzene rings is 1. The minimum atomic E-state index is 0.120. The van der Waals surface area contributed by atoms with Crippen molar-refractivity contribution in [1.82, 2.24) is 10.2 Å². The van der Waals surface area contributed by atoms with Gasteiger partial charge in [0.2, 0.25) is 5.91 Å². The van der Waals surface area contributed by atoms with E-state index in [1.165, 1.54) is 12.8 Å². The Morgan fingerprint density at radius 1 is 1.29 bits per heavy atom. The highest BCUT2D eigenvalue weighted by molar-refractivity contribution is 5.76. The van der Waals surface area contributed by atoms with Crippen molar-refractivity contribution in [2.45, 2.75) is 52.5 Å². The molecular formula is C20H33N3O. The van der Waals surface area contributed by atoms with Gasteiger partial charge in [-0.05, 0) is 55.8 Å². The van der Waals surface area contributed by atoms with Gasteiger partial charge in [0.25, 0.3) is 0 Å². The van der Waals surface area contributed by atoms with Crippen molar-refractivity contribution in [3.63, 3.8) is 0 Å². The first kappa shape index (κ1) is 18.8. The average Bonchev–Trinajstić information content (AvgIpc) is 2.55. The van der Waals surface area contributed by atoms with Crippen LogP contribution >= 0.6 is 0 Å². The van der Waals surface area contributed by atoms with Gasteiger partial charge in [-0.1, -0.05) is 39.0 Å². The highest BCUT2D eigenvalue weighted by Gasteiger charge is 2.25. The van der Waals surface area contributed by atoms with Crippen LogP contribution in [0, 0.1) is 11.8 Å². The van der Waals surface area contributed by atoms with Crippen molar-refractivity contribution in [2.24, 2.45) is 11.8 Å². The number of piperidine rings is 1. The molecule has 4 heteroatoms. The molecule has 0 saturated carbocycles. The SMILES string of the molecule is CC1CCN(C(CNC(=O)CCc2ccccc2N)C(C)C)CC1. The van der Waals surface area contributed by atoms with Crippen molar-refractivity contribution in [1.29, 1.82) is 0 Å². The largest absolute Gasteiger partial charge is 0.399 e. The number of rotatable bonds is 7. The normalized spacial score (nSPS) is 17.8. The van der Waals surface area contributed by atoms with Crippen LogP contribution in [0.15, 0.2) is 24.3 Å². The number of hydrogen-bond donors (Lipinski definition) is 2. The third-order valence-electron chi connectivity index (χ3n) is 5.24. The number of nitrogens with one attached hydrogen (secondary N) is 1. The van der Waals surface area contributed by atoms with E-state index >= 15 is 0 Å². The van der Waals surface area contributed by atoms with Gasteiger partial charge in [-0.3, -0.25) is 9.69 Å². The number of nitrogens with zero attached hydrogens (tertiary/aromatic N) is 1. The number of aryl methyl sites for hydroxylation is 1. The Balaban J connectivity index is 1.79. The van der Waals surface area contributed by atoms with Crippen LogP contribution in [0.5, 0.6) is 0 Å². The molecule has 134 valence electrons. The van der Waals surface area contributed by atoms with Crippen molar-refractivity contribution >= 4 is 11.6 Å². The van der Waals surface area contributed by atoms with E-state index in [4.69, 9.17) is 5.73 Å². The fourth-order valence-electron chi connectivity index (χ4n) is 3.46. The zero-order valence-corrected chi connectivity index (χ0v) is 15.4. The Morgan fingerprint density at radius 2 is 1.96 bits per heavy atom. The van der Waals surface area contributed by atoms with Gasteiger partial charge in [-0.15, -0.1) is 0 Å². The number of nitrogen functional groups attached to an aromatic ring is 1. The van der Waals surface area contributed by atoms with E-state index < -0.39 is 0 Å². The lowest BCUT2D eigenvalue weighted by atomic mass is 9.94. The number of para-hydroxylation sites is 1. The lowest BCUT2D eigenvalue weighted by Crippen LogP contribution is -2.49. The average molecular weight is 332 g/mol. The second kappa shape index (κ2) is 9.07. The zero-order valence-electron chi connectivity index (χ0n) is 15.4. The summed E-state index contributed by atoms with van der Waals surface area (Å²) in [6, 6.07) is 8.21. The Bertz CT molecular complexity index is 521. The first-order valence-corrected chi connectivity index (χ1v) is 9.31. The summed E-state index contributed by atoms with van der Waals surface area (Å²) in [5, 5.41) is 3.14. The standard InChI is InChI=1S/C20H33N3O/c1-15(2)19(23-12-10-16(3)11-13-23)14-22-20(24)9-8-17-6-4-5-7-18(17)21/h4-7,15-16,19H,8-14,21H2,1-3H3,(H,22,24). The van der Waals surface area contributed by atoms with Crippen molar-refractivity contribution in [3.05, 3.63) is 29.8 Å². The molecule has 0 bridgehead atoms. The number of likely N-dealkylation sites (tertiary alicyclic amines) is 1. The second-order valence-electron chi connectivity index (χ2n) is 7.53. The molecule has 0 aliphatic carbocycles. The summed E-state index contributed by atoms with van der Waals surface area (Å²) in [5.74, 6) is 1.50. The van der Waals surface area contributed by atoms with Crippen LogP contribution in [0.2, 0.25) is 0 Å².